The van der Waals surface area contributed by atoms with Gasteiger partial charge in [-0.2, -0.15) is 0 Å². The zero-order chi connectivity index (χ0) is 37.4. The maximum Gasteiger partial charge on any atom is 0.167 e. The van der Waals surface area contributed by atoms with E-state index >= 15 is 0 Å². The molecule has 5 nitrogen and oxygen atoms in total. The van der Waals surface area contributed by atoms with E-state index in [1.807, 2.05) is 48.5 Å². The normalized spacial score (nSPS) is 13.0. The lowest BCUT2D eigenvalue weighted by atomic mass is 10.0. The average Bonchev–Trinajstić information content (AvgIpc) is 3.78. The summed E-state index contributed by atoms with van der Waals surface area (Å²) in [7, 11) is 0. The van der Waals surface area contributed by atoms with Gasteiger partial charge in [0.05, 0.1) is 23.5 Å². The molecular formula is C45H28N4O. The smallest absolute Gasteiger partial charge is 0.167 e. The SMILES string of the molecule is [2H]c1c([2H])c([2H])c(-c2ccc(-c3nc(-c4ccccc4)nc(-c4cccc5c4oc4ccc(-n6c7ccccc7c7ccccc76)cc45)n3)cc2)c([2H])c1[2H]. The minimum atomic E-state index is -0.426. The highest BCUT2D eigenvalue weighted by Gasteiger charge is 2.19. The van der Waals surface area contributed by atoms with E-state index < -0.39 is 6.04 Å². The monoisotopic (exact) mass is 645 g/mol. The lowest BCUT2D eigenvalue weighted by molar-refractivity contribution is 0.669. The Kier molecular flexibility index (Phi) is 5.35. The van der Waals surface area contributed by atoms with E-state index in [1.54, 1.807) is 24.3 Å². The summed E-state index contributed by atoms with van der Waals surface area (Å²) >= 11 is 0. The third kappa shape index (κ3) is 4.60. The van der Waals surface area contributed by atoms with Crippen LogP contribution < -0.4 is 0 Å². The summed E-state index contributed by atoms with van der Waals surface area (Å²) in [6, 6.07) is 44.2. The van der Waals surface area contributed by atoms with E-state index in [-0.39, 0.29) is 29.7 Å². The fourth-order valence-electron chi connectivity index (χ4n) is 6.82. The molecule has 0 aliphatic rings. The van der Waals surface area contributed by atoms with Gasteiger partial charge in [0.25, 0.3) is 0 Å². The number of hydrogen-bond acceptors (Lipinski definition) is 4. The van der Waals surface area contributed by atoms with Gasteiger partial charge in [-0.1, -0.05) is 133 Å². The second kappa shape index (κ2) is 11.4. The molecule has 0 aliphatic heterocycles. The molecular weight excluding hydrogens is 613 g/mol. The Morgan fingerprint density at radius 2 is 1.06 bits per heavy atom. The third-order valence-electron chi connectivity index (χ3n) is 9.16. The van der Waals surface area contributed by atoms with Crippen molar-refractivity contribution in [3.05, 3.63) is 170 Å². The third-order valence-corrected chi connectivity index (χ3v) is 9.16. The van der Waals surface area contributed by atoms with Crippen molar-refractivity contribution < 1.29 is 11.3 Å². The van der Waals surface area contributed by atoms with Gasteiger partial charge in [-0.25, -0.2) is 15.0 Å². The van der Waals surface area contributed by atoms with Crippen molar-refractivity contribution in [2.75, 3.05) is 0 Å². The predicted molar refractivity (Wildman–Crippen MR) is 203 cm³/mol. The molecule has 0 saturated carbocycles. The first kappa shape index (κ1) is 23.5. The summed E-state index contributed by atoms with van der Waals surface area (Å²) < 4.78 is 50.0. The van der Waals surface area contributed by atoms with Crippen LogP contribution >= 0.6 is 0 Å². The highest BCUT2D eigenvalue weighted by molar-refractivity contribution is 6.12. The number of furan rings is 1. The van der Waals surface area contributed by atoms with Crippen LogP contribution in [-0.2, 0) is 0 Å². The highest BCUT2D eigenvalue weighted by Crippen LogP contribution is 2.38. The molecule has 3 heterocycles. The highest BCUT2D eigenvalue weighted by atomic mass is 16.3. The van der Waals surface area contributed by atoms with Gasteiger partial charge < -0.3 is 8.98 Å². The number of aromatic nitrogens is 4. The van der Waals surface area contributed by atoms with Crippen molar-refractivity contribution in [2.45, 2.75) is 0 Å². The molecule has 0 unspecified atom stereocenters. The first-order chi connectivity index (χ1) is 26.9. The predicted octanol–water partition coefficient (Wildman–Crippen LogP) is 11.5. The second-order valence-electron chi connectivity index (χ2n) is 12.1. The minimum Gasteiger partial charge on any atom is -0.455 e. The van der Waals surface area contributed by atoms with E-state index in [1.165, 1.54) is 10.8 Å². The largest absolute Gasteiger partial charge is 0.455 e. The lowest BCUT2D eigenvalue weighted by Crippen LogP contribution is -2.00. The summed E-state index contributed by atoms with van der Waals surface area (Å²) in [6.45, 7) is 0. The Morgan fingerprint density at radius 1 is 0.460 bits per heavy atom. The van der Waals surface area contributed by atoms with Crippen molar-refractivity contribution in [2.24, 2.45) is 0 Å². The summed E-state index contributed by atoms with van der Waals surface area (Å²) in [5.41, 5.74) is 7.51. The van der Waals surface area contributed by atoms with Crippen LogP contribution in [0, 0.1) is 0 Å². The van der Waals surface area contributed by atoms with Crippen LogP contribution in [0.5, 0.6) is 0 Å². The summed E-state index contributed by atoms with van der Waals surface area (Å²) in [5, 5.41) is 4.29. The van der Waals surface area contributed by atoms with Crippen LogP contribution in [0.25, 0.3) is 94.7 Å². The van der Waals surface area contributed by atoms with Gasteiger partial charge in [0.2, 0.25) is 0 Å². The standard InChI is InChI=1S/C45H28N4O/c1-3-12-29(13-4-1)30-22-24-32(25-23-30)44-46-43(31-14-5-2-6-15-31)47-45(48-44)37-19-11-18-36-38-28-33(26-27-41(38)50-42(36)37)49-39-20-9-7-16-34(39)35-17-8-10-21-40(35)49/h1-28H/i1D,3D,4D,12D,13D. The fourth-order valence-corrected chi connectivity index (χ4v) is 6.82. The minimum absolute atomic E-state index is 0.136. The van der Waals surface area contributed by atoms with Crippen LogP contribution in [0.3, 0.4) is 0 Å². The number of fused-ring (bicyclic) bond motifs is 6. The molecule has 0 amide bonds. The summed E-state index contributed by atoms with van der Waals surface area (Å²) in [6.07, 6.45) is 0. The number of para-hydroxylation sites is 3. The van der Waals surface area contributed by atoms with Gasteiger partial charge >= 0.3 is 0 Å². The van der Waals surface area contributed by atoms with Crippen molar-refractivity contribution in [3.8, 4) is 51.0 Å². The number of hydrogen-bond donors (Lipinski definition) is 0. The number of benzene rings is 7. The van der Waals surface area contributed by atoms with Gasteiger partial charge in [0.1, 0.15) is 11.2 Å². The zero-order valence-electron chi connectivity index (χ0n) is 31.5. The van der Waals surface area contributed by atoms with E-state index in [2.05, 4.69) is 71.3 Å². The van der Waals surface area contributed by atoms with Gasteiger partial charge in [-0.05, 0) is 47.5 Å². The molecule has 234 valence electrons. The molecule has 0 spiro atoms. The van der Waals surface area contributed by atoms with Crippen molar-refractivity contribution in [3.63, 3.8) is 0 Å². The maximum atomic E-state index is 8.44. The molecule has 0 N–H and O–H groups in total. The van der Waals surface area contributed by atoms with Crippen molar-refractivity contribution in [1.82, 2.24) is 19.5 Å². The molecule has 50 heavy (non-hydrogen) atoms. The summed E-state index contributed by atoms with van der Waals surface area (Å²) in [5.74, 6) is 1.33. The van der Waals surface area contributed by atoms with Crippen molar-refractivity contribution in [1.29, 1.82) is 0 Å². The van der Waals surface area contributed by atoms with Crippen LogP contribution in [0.15, 0.2) is 174 Å². The molecule has 0 aliphatic carbocycles. The lowest BCUT2D eigenvalue weighted by Gasteiger charge is -2.09. The van der Waals surface area contributed by atoms with E-state index in [9.17, 15) is 0 Å². The first-order valence-corrected chi connectivity index (χ1v) is 16.3. The Morgan fingerprint density at radius 3 is 1.78 bits per heavy atom. The summed E-state index contributed by atoms with van der Waals surface area (Å²) in [4.78, 5) is 14.8. The molecule has 10 aromatic rings. The first-order valence-electron chi connectivity index (χ1n) is 18.8. The molecule has 0 fully saturated rings. The molecule has 7 aromatic carbocycles. The molecule has 5 heteroatoms. The molecule has 0 bridgehead atoms. The average molecular weight is 646 g/mol. The number of rotatable bonds is 5. The second-order valence-corrected chi connectivity index (χ2v) is 12.1. The fraction of sp³-hybridized carbons (Fsp3) is 0. The van der Waals surface area contributed by atoms with Gasteiger partial charge in [-0.3, -0.25) is 0 Å². The Labute approximate surface area is 294 Å². The van der Waals surface area contributed by atoms with Gasteiger partial charge in [0.15, 0.2) is 17.5 Å². The molecule has 10 rings (SSSR count). The Hall–Kier alpha value is -6.85. The molecule has 0 radical (unpaired) electrons. The molecule has 3 aromatic heterocycles. The zero-order valence-corrected chi connectivity index (χ0v) is 26.5. The molecule has 0 atom stereocenters. The van der Waals surface area contributed by atoms with Crippen LogP contribution in [0.4, 0.5) is 0 Å². The van der Waals surface area contributed by atoms with Crippen LogP contribution in [0.2, 0.25) is 0 Å². The van der Waals surface area contributed by atoms with E-state index in [0.717, 1.165) is 38.6 Å². The number of nitrogens with zero attached hydrogens (tertiary/aromatic N) is 4. The van der Waals surface area contributed by atoms with E-state index in [4.69, 9.17) is 26.2 Å². The van der Waals surface area contributed by atoms with E-state index in [0.29, 0.717) is 39.7 Å². The van der Waals surface area contributed by atoms with Crippen molar-refractivity contribution >= 4 is 43.7 Å². The van der Waals surface area contributed by atoms with Crippen LogP contribution in [0.1, 0.15) is 6.85 Å². The molecule has 0 saturated heterocycles. The Bertz CT molecular complexity index is 3070. The maximum absolute atomic E-state index is 8.44. The topological polar surface area (TPSA) is 56.7 Å². The quantitative estimate of drug-likeness (QED) is 0.187. The Balaban J connectivity index is 1.12. The van der Waals surface area contributed by atoms with Crippen LogP contribution in [-0.4, -0.2) is 19.5 Å². The van der Waals surface area contributed by atoms with Gasteiger partial charge in [0, 0.05) is 38.4 Å². The van der Waals surface area contributed by atoms with Gasteiger partial charge in [-0.15, -0.1) is 0 Å².